The van der Waals surface area contributed by atoms with Crippen molar-refractivity contribution in [2.45, 2.75) is 130 Å². The lowest BCUT2D eigenvalue weighted by Gasteiger charge is -2.40. The molecule has 13 heteroatoms. The summed E-state index contributed by atoms with van der Waals surface area (Å²) in [5, 5.41) is 11.2. The van der Waals surface area contributed by atoms with E-state index in [1.165, 1.54) is 4.90 Å². The highest BCUT2D eigenvalue weighted by Crippen LogP contribution is 2.65. The molecule has 0 bridgehead atoms. The molecule has 4 N–H and O–H groups in total. The Morgan fingerprint density at radius 3 is 2.11 bits per heavy atom. The van der Waals surface area contributed by atoms with Gasteiger partial charge in [0.1, 0.15) is 12.1 Å². The second-order valence-electron chi connectivity index (χ2n) is 15.3. The number of likely N-dealkylation sites (tertiary alicyclic amines) is 1. The first kappa shape index (κ1) is 37.8. The number of hydrogen-bond acceptors (Lipinski definition) is 7. The summed E-state index contributed by atoms with van der Waals surface area (Å²) in [6, 6.07) is -3.51. The highest BCUT2D eigenvalue weighted by atomic mass is 32.2. The average Bonchev–Trinajstić information content (AvgIpc) is 3.28. The monoisotopic (exact) mass is 667 g/mol. The van der Waals surface area contributed by atoms with Gasteiger partial charge in [-0.1, -0.05) is 81.1 Å². The van der Waals surface area contributed by atoms with E-state index in [-0.39, 0.29) is 35.2 Å². The number of sulfone groups is 1. The van der Waals surface area contributed by atoms with Gasteiger partial charge in [-0.25, -0.2) is 13.2 Å². The quantitative estimate of drug-likeness (QED) is 0.206. The van der Waals surface area contributed by atoms with E-state index in [2.05, 4.69) is 35.1 Å². The van der Waals surface area contributed by atoms with E-state index in [1.54, 1.807) is 6.92 Å². The molecule has 262 valence electrons. The maximum Gasteiger partial charge on any atom is 0.315 e. The summed E-state index contributed by atoms with van der Waals surface area (Å²) in [4.78, 5) is 68.8. The Morgan fingerprint density at radius 2 is 1.57 bits per heavy atom. The van der Waals surface area contributed by atoms with Gasteiger partial charge in [0.05, 0.1) is 17.3 Å². The van der Waals surface area contributed by atoms with Crippen LogP contribution in [0.5, 0.6) is 0 Å². The van der Waals surface area contributed by atoms with Gasteiger partial charge in [0.2, 0.25) is 17.6 Å². The van der Waals surface area contributed by atoms with Crippen molar-refractivity contribution in [3.05, 3.63) is 0 Å². The van der Waals surface area contributed by atoms with Gasteiger partial charge >= 0.3 is 6.03 Å². The van der Waals surface area contributed by atoms with E-state index < -0.39 is 68.5 Å². The van der Waals surface area contributed by atoms with Crippen molar-refractivity contribution >= 4 is 39.4 Å². The van der Waals surface area contributed by atoms with E-state index in [1.807, 2.05) is 34.6 Å². The van der Waals surface area contributed by atoms with Crippen LogP contribution in [-0.2, 0) is 29.0 Å². The number of Topliss-reactive ketones (excluding diaryl/α,β-unsaturated/α-hetero) is 1. The first-order chi connectivity index (χ1) is 21.3. The van der Waals surface area contributed by atoms with Gasteiger partial charge in [-0.3, -0.25) is 19.2 Å². The Kier molecular flexibility index (Phi) is 12.0. The van der Waals surface area contributed by atoms with Gasteiger partial charge in [-0.15, -0.1) is 0 Å². The van der Waals surface area contributed by atoms with E-state index in [4.69, 9.17) is 0 Å². The van der Waals surface area contributed by atoms with Crippen molar-refractivity contribution in [3.63, 3.8) is 0 Å². The van der Waals surface area contributed by atoms with Crippen LogP contribution in [0, 0.1) is 22.7 Å². The van der Waals surface area contributed by atoms with Gasteiger partial charge < -0.3 is 26.2 Å². The Bertz CT molecular complexity index is 1270. The van der Waals surface area contributed by atoms with Crippen LogP contribution in [0.15, 0.2) is 0 Å². The van der Waals surface area contributed by atoms with Crippen molar-refractivity contribution in [2.75, 3.05) is 24.6 Å². The highest BCUT2D eigenvalue weighted by Gasteiger charge is 2.70. The van der Waals surface area contributed by atoms with Crippen molar-refractivity contribution < 1.29 is 32.4 Å². The molecule has 0 spiro atoms. The molecule has 0 aromatic carbocycles. The highest BCUT2D eigenvalue weighted by molar-refractivity contribution is 7.91. The number of amides is 5. The number of hydrogen-bond donors (Lipinski definition) is 4. The first-order valence-electron chi connectivity index (χ1n) is 17.1. The van der Waals surface area contributed by atoms with Crippen LogP contribution in [0.25, 0.3) is 0 Å². The maximum absolute atomic E-state index is 14.3. The topological polar surface area (TPSA) is 171 Å². The Balaban J connectivity index is 1.83. The fourth-order valence-corrected chi connectivity index (χ4v) is 8.80. The molecular formula is C33H57N5O7S. The number of rotatable bonds is 14. The number of nitrogens with one attached hydrogen (secondary N) is 4. The van der Waals surface area contributed by atoms with Crippen molar-refractivity contribution in [2.24, 2.45) is 22.7 Å². The van der Waals surface area contributed by atoms with Crippen LogP contribution in [0.3, 0.4) is 0 Å². The first-order valence-corrected chi connectivity index (χ1v) is 18.9. The lowest BCUT2D eigenvalue weighted by atomic mass is 9.83. The minimum absolute atomic E-state index is 0.0215. The SMILES string of the molecule is CCCNC(=O)C(=O)C(CCC)NC(=O)[C@@H]1C2[C@H](CN1C(=O)[C@@H](NC(=O)NC1(CS(=O)(=O)CC)CCCCC1)C(C)(C)C)C2(C)C. The second kappa shape index (κ2) is 14.6. The number of piperidine rings is 1. The molecule has 1 heterocycles. The number of carbonyl (C=O) groups excluding carboxylic acids is 5. The molecule has 2 unspecified atom stereocenters. The minimum atomic E-state index is -3.38. The van der Waals surface area contributed by atoms with Crippen LogP contribution in [0.2, 0.25) is 0 Å². The molecule has 5 amide bonds. The van der Waals surface area contributed by atoms with Gasteiger partial charge in [0.25, 0.3) is 5.91 Å². The number of carbonyl (C=O) groups is 5. The van der Waals surface area contributed by atoms with Crippen molar-refractivity contribution in [1.82, 2.24) is 26.2 Å². The zero-order valence-electron chi connectivity index (χ0n) is 29.1. The van der Waals surface area contributed by atoms with Crippen LogP contribution < -0.4 is 21.3 Å². The lowest BCUT2D eigenvalue weighted by Crippen LogP contribution is -2.64. The smallest absolute Gasteiger partial charge is 0.315 e. The second-order valence-corrected chi connectivity index (χ2v) is 17.6. The van der Waals surface area contributed by atoms with Crippen LogP contribution >= 0.6 is 0 Å². The van der Waals surface area contributed by atoms with Gasteiger partial charge in [-0.05, 0) is 48.3 Å². The number of nitrogens with zero attached hydrogens (tertiary/aromatic N) is 1. The van der Waals surface area contributed by atoms with Gasteiger partial charge in [-0.2, -0.15) is 0 Å². The molecule has 0 aromatic heterocycles. The summed E-state index contributed by atoms with van der Waals surface area (Å²) in [6.45, 7) is 15.6. The van der Waals surface area contributed by atoms with Crippen molar-refractivity contribution in [3.8, 4) is 0 Å². The van der Waals surface area contributed by atoms with E-state index in [0.29, 0.717) is 38.8 Å². The number of urea groups is 1. The summed E-state index contributed by atoms with van der Waals surface area (Å²) in [5.41, 5.74) is -1.85. The Labute approximate surface area is 275 Å². The normalized spacial score (nSPS) is 24.6. The fourth-order valence-electron chi connectivity index (χ4n) is 7.39. The van der Waals surface area contributed by atoms with E-state index in [0.717, 1.165) is 19.3 Å². The molecule has 3 rings (SSSR count). The predicted molar refractivity (Wildman–Crippen MR) is 176 cm³/mol. The molecule has 0 radical (unpaired) electrons. The molecule has 3 aliphatic rings. The number of fused-ring (bicyclic) bond motifs is 1. The van der Waals surface area contributed by atoms with Gasteiger partial charge in [0, 0.05) is 18.8 Å². The molecule has 12 nitrogen and oxygen atoms in total. The third-order valence-electron chi connectivity index (χ3n) is 10.2. The van der Waals surface area contributed by atoms with E-state index >= 15 is 0 Å². The largest absolute Gasteiger partial charge is 0.349 e. The average molecular weight is 668 g/mol. The summed E-state index contributed by atoms with van der Waals surface area (Å²) >= 11 is 0. The van der Waals surface area contributed by atoms with Gasteiger partial charge in [0.15, 0.2) is 9.84 Å². The predicted octanol–water partition coefficient (Wildman–Crippen LogP) is 2.70. The summed E-state index contributed by atoms with van der Waals surface area (Å²) in [5.74, 6) is -2.59. The van der Waals surface area contributed by atoms with Crippen molar-refractivity contribution in [1.29, 1.82) is 0 Å². The molecule has 46 heavy (non-hydrogen) atoms. The minimum Gasteiger partial charge on any atom is -0.349 e. The Hall–Kier alpha value is -2.70. The Morgan fingerprint density at radius 1 is 0.935 bits per heavy atom. The lowest BCUT2D eigenvalue weighted by molar-refractivity contribution is -0.145. The maximum atomic E-state index is 14.3. The summed E-state index contributed by atoms with van der Waals surface area (Å²) in [6.07, 6.45) is 5.15. The summed E-state index contributed by atoms with van der Waals surface area (Å²) in [7, 11) is -3.38. The van der Waals surface area contributed by atoms with Crippen LogP contribution in [0.1, 0.15) is 107 Å². The number of ketones is 1. The van der Waals surface area contributed by atoms with Crippen LogP contribution in [-0.4, -0.2) is 91.1 Å². The molecule has 1 saturated heterocycles. The third kappa shape index (κ3) is 8.60. The molecule has 2 aliphatic carbocycles. The van der Waals surface area contributed by atoms with Crippen LogP contribution in [0.4, 0.5) is 4.79 Å². The zero-order valence-corrected chi connectivity index (χ0v) is 29.9. The molecule has 0 aromatic rings. The molecular weight excluding hydrogens is 610 g/mol. The summed E-state index contributed by atoms with van der Waals surface area (Å²) < 4.78 is 25.3. The molecule has 5 atom stereocenters. The van der Waals surface area contributed by atoms with E-state index in [9.17, 15) is 32.4 Å². The molecule has 2 saturated carbocycles. The molecule has 1 aliphatic heterocycles. The standard InChI is InChI=1S/C33H57N5O7S/c1-9-15-22(25(39)28(41)34-18-10-2)35-27(40)24-23-21(32(23,7)8)19-38(24)29(42)26(31(4,5)6)36-30(43)37-33(16-13-12-14-17-33)20-46(44,45)11-3/h21-24,26H,9-20H2,1-8H3,(H,34,41)(H,35,40)(H2,36,37,43)/t21-,22?,23?,24-,26+/m0/s1. The third-order valence-corrected chi connectivity index (χ3v) is 12.1. The fraction of sp³-hybridized carbons (Fsp3) is 0.848. The zero-order chi connectivity index (χ0) is 34.7. The molecule has 3 fully saturated rings.